The van der Waals surface area contributed by atoms with E-state index in [0.29, 0.717) is 19.6 Å². The fraction of sp³-hybridized carbons (Fsp3) is 0.393. The van der Waals surface area contributed by atoms with E-state index in [1.54, 1.807) is 10.4 Å². The number of anilines is 1. The number of carbonyl (C=O) groups excluding carboxylic acids is 2. The maximum Gasteiger partial charge on any atom is 0.248 e. The molecule has 1 aromatic heterocycles. The molecule has 3 heterocycles. The summed E-state index contributed by atoms with van der Waals surface area (Å²) >= 11 is 0. The SMILES string of the molecule is Cc1cc(COc2ccc3c(c2)CCN3C(=O)C2NCC3(CC3)CC2C(=O)NO)c2ccccc2n1. The van der Waals surface area contributed by atoms with E-state index in [0.717, 1.165) is 65.0 Å². The van der Waals surface area contributed by atoms with Crippen molar-refractivity contribution in [3.8, 4) is 5.75 Å². The predicted molar refractivity (Wildman–Crippen MR) is 135 cm³/mol. The number of para-hydroxylation sites is 1. The monoisotopic (exact) mass is 486 g/mol. The van der Waals surface area contributed by atoms with Gasteiger partial charge in [-0.2, -0.15) is 0 Å². The molecule has 6 rings (SSSR count). The number of piperidine rings is 1. The molecule has 3 N–H and O–H groups in total. The third-order valence-corrected chi connectivity index (χ3v) is 7.96. The Morgan fingerprint density at radius 3 is 2.86 bits per heavy atom. The zero-order chi connectivity index (χ0) is 24.9. The first kappa shape index (κ1) is 22.9. The lowest BCUT2D eigenvalue weighted by Crippen LogP contribution is -2.58. The van der Waals surface area contributed by atoms with Crippen LogP contribution >= 0.6 is 0 Å². The summed E-state index contributed by atoms with van der Waals surface area (Å²) in [6.07, 6.45) is 3.46. The van der Waals surface area contributed by atoms with Gasteiger partial charge in [-0.3, -0.25) is 19.8 Å². The zero-order valence-electron chi connectivity index (χ0n) is 20.3. The molecule has 1 spiro atoms. The Hall–Kier alpha value is -3.49. The molecule has 3 aliphatic rings. The minimum atomic E-state index is -0.645. The van der Waals surface area contributed by atoms with Crippen LogP contribution in [0, 0.1) is 18.3 Å². The van der Waals surface area contributed by atoms with Crippen LogP contribution in [0.5, 0.6) is 5.75 Å². The largest absolute Gasteiger partial charge is 0.489 e. The number of fused-ring (bicyclic) bond motifs is 2. The predicted octanol–water partition coefficient (Wildman–Crippen LogP) is 3.28. The Morgan fingerprint density at radius 1 is 1.22 bits per heavy atom. The minimum absolute atomic E-state index is 0.0990. The summed E-state index contributed by atoms with van der Waals surface area (Å²) in [7, 11) is 0. The molecular formula is C28H30N4O4. The lowest BCUT2D eigenvalue weighted by Gasteiger charge is -2.37. The van der Waals surface area contributed by atoms with Crippen molar-refractivity contribution in [2.45, 2.75) is 45.3 Å². The number of rotatable bonds is 5. The van der Waals surface area contributed by atoms with E-state index in [2.05, 4.69) is 22.4 Å². The highest BCUT2D eigenvalue weighted by Crippen LogP contribution is 2.52. The highest BCUT2D eigenvalue weighted by Gasteiger charge is 2.53. The second-order valence-corrected chi connectivity index (χ2v) is 10.4. The molecule has 186 valence electrons. The van der Waals surface area contributed by atoms with Gasteiger partial charge in [-0.05, 0) is 73.9 Å². The maximum absolute atomic E-state index is 13.5. The van der Waals surface area contributed by atoms with Gasteiger partial charge in [-0.25, -0.2) is 5.48 Å². The molecule has 1 aliphatic carbocycles. The summed E-state index contributed by atoms with van der Waals surface area (Å²) in [5.74, 6) is -0.436. The van der Waals surface area contributed by atoms with Crippen LogP contribution in [0.2, 0.25) is 0 Å². The topological polar surface area (TPSA) is 104 Å². The molecule has 3 aromatic rings. The molecule has 2 amide bonds. The molecule has 2 fully saturated rings. The summed E-state index contributed by atoms with van der Waals surface area (Å²) in [5, 5.41) is 13.7. The normalized spacial score (nSPS) is 21.9. The molecule has 2 aliphatic heterocycles. The van der Waals surface area contributed by atoms with E-state index >= 15 is 0 Å². The van der Waals surface area contributed by atoms with Crippen LogP contribution in [0.3, 0.4) is 0 Å². The molecule has 0 radical (unpaired) electrons. The van der Waals surface area contributed by atoms with Gasteiger partial charge < -0.3 is 15.0 Å². The van der Waals surface area contributed by atoms with Crippen molar-refractivity contribution in [3.63, 3.8) is 0 Å². The second kappa shape index (κ2) is 8.87. The zero-order valence-corrected chi connectivity index (χ0v) is 20.3. The first-order valence-corrected chi connectivity index (χ1v) is 12.6. The quantitative estimate of drug-likeness (QED) is 0.378. The van der Waals surface area contributed by atoms with Crippen LogP contribution in [0.1, 0.15) is 36.1 Å². The molecular weight excluding hydrogens is 456 g/mol. The maximum atomic E-state index is 13.5. The molecule has 8 nitrogen and oxygen atoms in total. The number of hydrogen-bond acceptors (Lipinski definition) is 6. The number of ether oxygens (including phenoxy) is 1. The lowest BCUT2D eigenvalue weighted by atomic mass is 9.81. The van der Waals surface area contributed by atoms with Crippen molar-refractivity contribution in [3.05, 3.63) is 65.4 Å². The van der Waals surface area contributed by atoms with Crippen LogP contribution < -0.4 is 20.4 Å². The Balaban J connectivity index is 1.18. The van der Waals surface area contributed by atoms with Crippen molar-refractivity contribution in [2.75, 3.05) is 18.0 Å². The molecule has 0 bridgehead atoms. The summed E-state index contributed by atoms with van der Waals surface area (Å²) in [4.78, 5) is 32.3. The number of aryl methyl sites for hydroxylation is 1. The number of hydrogen-bond donors (Lipinski definition) is 3. The van der Waals surface area contributed by atoms with E-state index in [1.807, 2.05) is 43.3 Å². The summed E-state index contributed by atoms with van der Waals surface area (Å²) < 4.78 is 6.16. The molecule has 1 saturated heterocycles. The minimum Gasteiger partial charge on any atom is -0.489 e. The third kappa shape index (κ3) is 4.10. The van der Waals surface area contributed by atoms with E-state index in [-0.39, 0.29) is 11.3 Å². The van der Waals surface area contributed by atoms with Gasteiger partial charge in [-0.15, -0.1) is 0 Å². The van der Waals surface area contributed by atoms with E-state index < -0.39 is 17.9 Å². The first-order chi connectivity index (χ1) is 17.5. The standard InChI is InChI=1S/C28H30N4O4/c1-17-12-19(21-4-2-3-5-23(21)30-17)15-36-20-6-7-24-18(13-20)8-11-32(24)27(34)25-22(26(33)31-35)14-28(9-10-28)16-29-25/h2-7,12-13,22,25,29,35H,8-11,14-16H2,1H3,(H,31,33). The van der Waals surface area contributed by atoms with E-state index in [4.69, 9.17) is 4.74 Å². The Labute approximate surface area is 209 Å². The summed E-state index contributed by atoms with van der Waals surface area (Å²) in [6.45, 7) is 3.70. The highest BCUT2D eigenvalue weighted by atomic mass is 16.5. The average molecular weight is 487 g/mol. The average Bonchev–Trinajstić information content (AvgIpc) is 3.51. The van der Waals surface area contributed by atoms with Gasteiger partial charge in [0.1, 0.15) is 12.4 Å². The van der Waals surface area contributed by atoms with Crippen molar-refractivity contribution in [1.29, 1.82) is 0 Å². The van der Waals surface area contributed by atoms with Crippen LogP contribution in [0.15, 0.2) is 48.5 Å². The van der Waals surface area contributed by atoms with E-state index in [1.165, 1.54) is 0 Å². The second-order valence-electron chi connectivity index (χ2n) is 10.4. The number of aromatic nitrogens is 1. The van der Waals surface area contributed by atoms with Gasteiger partial charge in [0.2, 0.25) is 11.8 Å². The Kier molecular flexibility index (Phi) is 5.65. The van der Waals surface area contributed by atoms with Gasteiger partial charge in [-0.1, -0.05) is 18.2 Å². The van der Waals surface area contributed by atoms with Gasteiger partial charge in [0.25, 0.3) is 0 Å². The number of amides is 2. The van der Waals surface area contributed by atoms with Gasteiger partial charge >= 0.3 is 0 Å². The van der Waals surface area contributed by atoms with E-state index in [9.17, 15) is 14.8 Å². The van der Waals surface area contributed by atoms with Gasteiger partial charge in [0.05, 0.1) is 17.5 Å². The molecule has 8 heteroatoms. The Morgan fingerprint density at radius 2 is 2.06 bits per heavy atom. The smallest absolute Gasteiger partial charge is 0.248 e. The number of nitrogens with zero attached hydrogens (tertiary/aromatic N) is 2. The number of nitrogens with one attached hydrogen (secondary N) is 2. The first-order valence-electron chi connectivity index (χ1n) is 12.6. The van der Waals surface area contributed by atoms with Gasteiger partial charge in [0.15, 0.2) is 0 Å². The fourth-order valence-electron chi connectivity index (χ4n) is 5.81. The summed E-state index contributed by atoms with van der Waals surface area (Å²) in [6, 6.07) is 15.3. The number of carbonyl (C=O) groups is 2. The fourth-order valence-corrected chi connectivity index (χ4v) is 5.81. The third-order valence-electron chi connectivity index (χ3n) is 7.96. The molecule has 2 aromatic carbocycles. The number of benzene rings is 2. The lowest BCUT2D eigenvalue weighted by molar-refractivity contribution is -0.139. The molecule has 1 saturated carbocycles. The van der Waals surface area contributed by atoms with Crippen LogP contribution in [-0.2, 0) is 22.6 Å². The van der Waals surface area contributed by atoms with Crippen molar-refractivity contribution in [1.82, 2.24) is 15.8 Å². The Bertz CT molecular complexity index is 1350. The van der Waals surface area contributed by atoms with Crippen molar-refractivity contribution < 1.29 is 19.5 Å². The van der Waals surface area contributed by atoms with Crippen molar-refractivity contribution >= 4 is 28.4 Å². The molecule has 36 heavy (non-hydrogen) atoms. The van der Waals surface area contributed by atoms with Crippen molar-refractivity contribution in [2.24, 2.45) is 11.3 Å². The highest BCUT2D eigenvalue weighted by molar-refractivity contribution is 6.02. The van der Waals surface area contributed by atoms with Crippen LogP contribution in [0.25, 0.3) is 10.9 Å². The number of hydroxylamine groups is 1. The van der Waals surface area contributed by atoms with Crippen LogP contribution in [0.4, 0.5) is 5.69 Å². The number of pyridine rings is 1. The molecule has 2 unspecified atom stereocenters. The molecule has 2 atom stereocenters. The van der Waals surface area contributed by atoms with Gasteiger partial charge in [0, 0.05) is 35.4 Å². The van der Waals surface area contributed by atoms with Crippen LogP contribution in [-0.4, -0.2) is 41.1 Å². The summed E-state index contributed by atoms with van der Waals surface area (Å²) in [5.41, 5.74) is 6.77.